The van der Waals surface area contributed by atoms with Crippen molar-refractivity contribution >= 4 is 16.6 Å². The molecule has 3 nitrogen and oxygen atoms in total. The quantitative estimate of drug-likeness (QED) is 0.737. The van der Waals surface area contributed by atoms with Crippen molar-refractivity contribution in [2.24, 2.45) is 0 Å². The minimum absolute atomic E-state index is 0.262. The molecule has 4 heteroatoms. The molecule has 0 amide bonds. The van der Waals surface area contributed by atoms with Crippen LogP contribution in [-0.2, 0) is 13.2 Å². The summed E-state index contributed by atoms with van der Waals surface area (Å²) >= 11 is 0. The third-order valence-electron chi connectivity index (χ3n) is 3.59. The number of benzene rings is 2. The van der Waals surface area contributed by atoms with Crippen molar-refractivity contribution in [1.82, 2.24) is 4.57 Å². The summed E-state index contributed by atoms with van der Waals surface area (Å²) in [4.78, 5) is 0. The van der Waals surface area contributed by atoms with Crippen LogP contribution in [0.4, 0.5) is 10.1 Å². The zero-order valence-electron chi connectivity index (χ0n) is 11.8. The van der Waals surface area contributed by atoms with Crippen LogP contribution in [0.15, 0.2) is 48.5 Å². The van der Waals surface area contributed by atoms with Crippen molar-refractivity contribution in [2.45, 2.75) is 20.1 Å². The van der Waals surface area contributed by atoms with E-state index in [9.17, 15) is 4.39 Å². The van der Waals surface area contributed by atoms with Crippen LogP contribution in [0.3, 0.4) is 0 Å². The van der Waals surface area contributed by atoms with Crippen LogP contribution >= 0.6 is 0 Å². The van der Waals surface area contributed by atoms with Gasteiger partial charge >= 0.3 is 0 Å². The van der Waals surface area contributed by atoms with Gasteiger partial charge in [-0.05, 0) is 37.3 Å². The van der Waals surface area contributed by atoms with E-state index in [1.54, 1.807) is 18.2 Å². The van der Waals surface area contributed by atoms with Gasteiger partial charge in [-0.15, -0.1) is 0 Å². The SMILES string of the molecule is CCn1c(COc2ccccc2F)cc2c(N)cccc21. The van der Waals surface area contributed by atoms with Gasteiger partial charge in [0, 0.05) is 17.6 Å². The molecular formula is C17H17FN2O. The number of fused-ring (bicyclic) bond motifs is 1. The van der Waals surface area contributed by atoms with Gasteiger partial charge < -0.3 is 15.0 Å². The van der Waals surface area contributed by atoms with Gasteiger partial charge in [0.15, 0.2) is 11.6 Å². The van der Waals surface area contributed by atoms with Gasteiger partial charge in [-0.2, -0.15) is 0 Å². The molecule has 1 aromatic heterocycles. The van der Waals surface area contributed by atoms with Crippen molar-refractivity contribution in [3.8, 4) is 5.75 Å². The lowest BCUT2D eigenvalue weighted by Crippen LogP contribution is -2.05. The lowest BCUT2D eigenvalue weighted by atomic mass is 10.2. The van der Waals surface area contributed by atoms with E-state index in [1.165, 1.54) is 6.07 Å². The predicted octanol–water partition coefficient (Wildman–Crippen LogP) is 3.96. The first-order chi connectivity index (χ1) is 10.2. The number of aryl methyl sites for hydroxylation is 1. The van der Waals surface area contributed by atoms with Crippen LogP contribution in [-0.4, -0.2) is 4.57 Å². The lowest BCUT2D eigenvalue weighted by Gasteiger charge is -2.10. The predicted molar refractivity (Wildman–Crippen MR) is 82.8 cm³/mol. The molecule has 108 valence electrons. The Hall–Kier alpha value is -2.49. The second-order valence-electron chi connectivity index (χ2n) is 4.88. The average Bonchev–Trinajstić information content (AvgIpc) is 2.85. The Morgan fingerprint density at radius 2 is 1.95 bits per heavy atom. The highest BCUT2D eigenvalue weighted by Crippen LogP contribution is 2.26. The van der Waals surface area contributed by atoms with Crippen molar-refractivity contribution in [2.75, 3.05) is 5.73 Å². The molecule has 0 saturated heterocycles. The maximum Gasteiger partial charge on any atom is 0.165 e. The van der Waals surface area contributed by atoms with Gasteiger partial charge in [0.05, 0.1) is 11.2 Å². The highest BCUT2D eigenvalue weighted by atomic mass is 19.1. The first-order valence-electron chi connectivity index (χ1n) is 6.94. The molecule has 0 fully saturated rings. The van der Waals surface area contributed by atoms with E-state index in [-0.39, 0.29) is 11.6 Å². The van der Waals surface area contributed by atoms with E-state index in [0.29, 0.717) is 6.61 Å². The minimum atomic E-state index is -0.351. The number of hydrogen-bond donors (Lipinski definition) is 1. The maximum atomic E-state index is 13.6. The van der Waals surface area contributed by atoms with E-state index in [1.807, 2.05) is 24.3 Å². The molecule has 0 saturated carbocycles. The number of nitrogens with zero attached hydrogens (tertiary/aromatic N) is 1. The number of nitrogen functional groups attached to an aromatic ring is 1. The summed E-state index contributed by atoms with van der Waals surface area (Å²) in [5, 5.41) is 1.01. The molecule has 0 bridgehead atoms. The maximum absolute atomic E-state index is 13.6. The molecule has 0 radical (unpaired) electrons. The molecule has 3 rings (SSSR count). The summed E-state index contributed by atoms with van der Waals surface area (Å²) in [6, 6.07) is 14.3. The second kappa shape index (κ2) is 5.48. The molecule has 0 aliphatic carbocycles. The number of ether oxygens (including phenoxy) is 1. The zero-order valence-corrected chi connectivity index (χ0v) is 11.8. The fraction of sp³-hybridized carbons (Fsp3) is 0.176. The summed E-state index contributed by atoms with van der Waals surface area (Å²) in [7, 11) is 0. The number of para-hydroxylation sites is 1. The molecule has 0 atom stereocenters. The molecular weight excluding hydrogens is 267 g/mol. The average molecular weight is 284 g/mol. The smallest absolute Gasteiger partial charge is 0.165 e. The van der Waals surface area contributed by atoms with Crippen LogP contribution < -0.4 is 10.5 Å². The standard InChI is InChI=1S/C17H17FN2O/c1-2-20-12(10-13-15(19)7-5-8-16(13)20)11-21-17-9-4-3-6-14(17)18/h3-10H,2,11,19H2,1H3. The van der Waals surface area contributed by atoms with Crippen molar-refractivity contribution in [3.05, 3.63) is 60.0 Å². The van der Waals surface area contributed by atoms with Crippen LogP contribution in [0.1, 0.15) is 12.6 Å². The molecule has 0 aliphatic heterocycles. The molecule has 3 aromatic rings. The molecule has 0 unspecified atom stereocenters. The van der Waals surface area contributed by atoms with Crippen molar-refractivity contribution in [3.63, 3.8) is 0 Å². The third kappa shape index (κ3) is 2.44. The van der Waals surface area contributed by atoms with Crippen LogP contribution in [0.5, 0.6) is 5.75 Å². The Morgan fingerprint density at radius 3 is 2.71 bits per heavy atom. The zero-order chi connectivity index (χ0) is 14.8. The Balaban J connectivity index is 1.94. The van der Waals surface area contributed by atoms with Crippen LogP contribution in [0.2, 0.25) is 0 Å². The molecule has 2 N–H and O–H groups in total. The van der Waals surface area contributed by atoms with Crippen molar-refractivity contribution in [1.29, 1.82) is 0 Å². The summed E-state index contributed by atoms with van der Waals surface area (Å²) in [5.41, 5.74) is 8.81. The number of nitrogens with two attached hydrogens (primary N) is 1. The molecule has 1 heterocycles. The number of hydrogen-bond acceptors (Lipinski definition) is 2. The molecule has 0 aliphatic rings. The molecule has 0 spiro atoms. The van der Waals surface area contributed by atoms with Crippen molar-refractivity contribution < 1.29 is 9.13 Å². The molecule has 21 heavy (non-hydrogen) atoms. The van der Waals surface area contributed by atoms with E-state index < -0.39 is 0 Å². The monoisotopic (exact) mass is 284 g/mol. The Kier molecular flexibility index (Phi) is 3.52. The van der Waals surface area contributed by atoms with E-state index in [4.69, 9.17) is 10.5 Å². The van der Waals surface area contributed by atoms with Gasteiger partial charge in [0.2, 0.25) is 0 Å². The summed E-state index contributed by atoms with van der Waals surface area (Å²) in [6.07, 6.45) is 0. The van der Waals surface area contributed by atoms with E-state index in [0.717, 1.165) is 28.8 Å². The number of halogens is 1. The summed E-state index contributed by atoms with van der Waals surface area (Å²) in [6.45, 7) is 3.18. The summed E-state index contributed by atoms with van der Waals surface area (Å²) < 4.78 is 21.3. The number of anilines is 1. The van der Waals surface area contributed by atoms with Gasteiger partial charge in [0.1, 0.15) is 6.61 Å². The fourth-order valence-electron chi connectivity index (χ4n) is 2.57. The van der Waals surface area contributed by atoms with Crippen LogP contribution in [0, 0.1) is 5.82 Å². The van der Waals surface area contributed by atoms with Gasteiger partial charge in [-0.1, -0.05) is 18.2 Å². The second-order valence-corrected chi connectivity index (χ2v) is 4.88. The Bertz CT molecular complexity index is 780. The Morgan fingerprint density at radius 1 is 1.14 bits per heavy atom. The fourth-order valence-corrected chi connectivity index (χ4v) is 2.57. The minimum Gasteiger partial charge on any atom is -0.484 e. The largest absolute Gasteiger partial charge is 0.484 e. The Labute approximate surface area is 122 Å². The number of aromatic nitrogens is 1. The highest BCUT2D eigenvalue weighted by Gasteiger charge is 2.11. The highest BCUT2D eigenvalue weighted by molar-refractivity contribution is 5.92. The van der Waals surface area contributed by atoms with Gasteiger partial charge in [-0.25, -0.2) is 4.39 Å². The molecule has 2 aromatic carbocycles. The third-order valence-corrected chi connectivity index (χ3v) is 3.59. The topological polar surface area (TPSA) is 40.2 Å². The van der Waals surface area contributed by atoms with E-state index in [2.05, 4.69) is 11.5 Å². The van der Waals surface area contributed by atoms with Gasteiger partial charge in [-0.3, -0.25) is 0 Å². The van der Waals surface area contributed by atoms with E-state index >= 15 is 0 Å². The lowest BCUT2D eigenvalue weighted by molar-refractivity contribution is 0.281. The summed E-state index contributed by atoms with van der Waals surface area (Å²) in [5.74, 6) is -0.0884. The normalized spacial score (nSPS) is 11.0. The first kappa shape index (κ1) is 13.5. The van der Waals surface area contributed by atoms with Gasteiger partial charge in [0.25, 0.3) is 0 Å². The number of rotatable bonds is 4. The van der Waals surface area contributed by atoms with Crippen LogP contribution in [0.25, 0.3) is 10.9 Å². The first-order valence-corrected chi connectivity index (χ1v) is 6.94.